The van der Waals surface area contributed by atoms with Gasteiger partial charge in [-0.05, 0) is 40.9 Å². The van der Waals surface area contributed by atoms with Crippen LogP contribution in [0.15, 0.2) is 22.7 Å². The number of nitrogens with two attached hydrogens (primary N) is 1. The first-order valence-electron chi connectivity index (χ1n) is 5.61. The Hall–Kier alpha value is -0.650. The van der Waals surface area contributed by atoms with Gasteiger partial charge in [0.05, 0.1) is 6.10 Å². The minimum Gasteiger partial charge on any atom is -0.393 e. The maximum atomic E-state index is 9.52. The molecule has 0 aromatic heterocycles. The second kappa shape index (κ2) is 5.33. The number of nitrogens with zero attached hydrogens (tertiary/aromatic N) is 1. The van der Waals surface area contributed by atoms with Crippen molar-refractivity contribution in [1.29, 1.82) is 0 Å². The zero-order valence-corrected chi connectivity index (χ0v) is 11.8. The van der Waals surface area contributed by atoms with Gasteiger partial charge in [-0.1, -0.05) is 18.3 Å². The predicted molar refractivity (Wildman–Crippen MR) is 77.5 cm³/mol. The van der Waals surface area contributed by atoms with Gasteiger partial charge in [0, 0.05) is 28.8 Å². The molecule has 0 unspecified atom stereocenters. The minimum absolute atomic E-state index is 0.174. The number of thiocarbonyl (C=S) groups is 1. The molecule has 0 bridgehead atoms. The molecule has 0 amide bonds. The summed E-state index contributed by atoms with van der Waals surface area (Å²) in [6, 6.07) is 5.94. The molecule has 1 aromatic rings. The molecule has 5 heteroatoms. The lowest BCUT2D eigenvalue weighted by molar-refractivity contribution is 0.145. The third-order valence-corrected chi connectivity index (χ3v) is 3.91. The van der Waals surface area contributed by atoms with Gasteiger partial charge in [0.15, 0.2) is 0 Å². The Morgan fingerprint density at radius 3 is 2.65 bits per heavy atom. The van der Waals surface area contributed by atoms with E-state index < -0.39 is 0 Å². The van der Waals surface area contributed by atoms with Crippen LogP contribution in [0.4, 0.5) is 5.69 Å². The van der Waals surface area contributed by atoms with Gasteiger partial charge in [0.25, 0.3) is 0 Å². The lowest BCUT2D eigenvalue weighted by atomic mass is 10.1. The Bertz CT molecular complexity index is 431. The molecule has 1 aromatic carbocycles. The summed E-state index contributed by atoms with van der Waals surface area (Å²) in [5, 5.41) is 9.52. The number of halogens is 1. The Morgan fingerprint density at radius 1 is 1.41 bits per heavy atom. The van der Waals surface area contributed by atoms with Crippen LogP contribution in [0.3, 0.4) is 0 Å². The van der Waals surface area contributed by atoms with Crippen LogP contribution in [0.2, 0.25) is 0 Å². The maximum absolute atomic E-state index is 9.52. The highest BCUT2D eigenvalue weighted by Crippen LogP contribution is 2.29. The van der Waals surface area contributed by atoms with Crippen LogP contribution < -0.4 is 10.6 Å². The average Bonchev–Trinajstić information content (AvgIpc) is 2.29. The highest BCUT2D eigenvalue weighted by Gasteiger charge is 2.21. The molecule has 17 heavy (non-hydrogen) atoms. The molecule has 92 valence electrons. The summed E-state index contributed by atoms with van der Waals surface area (Å²) in [5.41, 5.74) is 7.72. The van der Waals surface area contributed by atoms with Crippen molar-refractivity contribution in [3.63, 3.8) is 0 Å². The number of anilines is 1. The maximum Gasteiger partial charge on any atom is 0.107 e. The van der Waals surface area contributed by atoms with Gasteiger partial charge in [0.1, 0.15) is 4.99 Å². The lowest BCUT2D eigenvalue weighted by Gasteiger charge is -2.33. The topological polar surface area (TPSA) is 49.5 Å². The number of rotatable bonds is 2. The van der Waals surface area contributed by atoms with E-state index in [0.717, 1.165) is 41.7 Å². The number of piperidine rings is 1. The third kappa shape index (κ3) is 2.78. The fourth-order valence-corrected chi connectivity index (χ4v) is 3.04. The standard InChI is InChI=1S/C12H15BrN2OS/c13-9-2-1-3-10(11(9)12(14)17)15-6-4-8(16)5-7-15/h1-3,8,16H,4-7H2,(H2,14,17). The second-order valence-electron chi connectivity index (χ2n) is 4.22. The highest BCUT2D eigenvalue weighted by atomic mass is 79.9. The molecule has 0 atom stereocenters. The molecule has 0 aliphatic carbocycles. The fraction of sp³-hybridized carbons (Fsp3) is 0.417. The first kappa shape index (κ1) is 12.8. The van der Waals surface area contributed by atoms with E-state index in [9.17, 15) is 5.11 Å². The van der Waals surface area contributed by atoms with E-state index in [1.54, 1.807) is 0 Å². The van der Waals surface area contributed by atoms with Crippen LogP contribution in [0.25, 0.3) is 0 Å². The normalized spacial score (nSPS) is 17.2. The summed E-state index contributed by atoms with van der Waals surface area (Å²) in [4.78, 5) is 2.63. The summed E-state index contributed by atoms with van der Waals surface area (Å²) in [7, 11) is 0. The molecule has 2 rings (SSSR count). The summed E-state index contributed by atoms with van der Waals surface area (Å²) in [6.45, 7) is 1.68. The van der Waals surface area contributed by atoms with Crippen molar-refractivity contribution < 1.29 is 5.11 Å². The van der Waals surface area contributed by atoms with Gasteiger partial charge >= 0.3 is 0 Å². The van der Waals surface area contributed by atoms with E-state index in [1.165, 1.54) is 0 Å². The molecule has 1 saturated heterocycles. The monoisotopic (exact) mass is 314 g/mol. The molecule has 1 aliphatic heterocycles. The average molecular weight is 315 g/mol. The molecule has 3 N–H and O–H groups in total. The van der Waals surface area contributed by atoms with Crippen LogP contribution in [0.5, 0.6) is 0 Å². The summed E-state index contributed by atoms with van der Waals surface area (Å²) in [5.74, 6) is 0. The van der Waals surface area contributed by atoms with Gasteiger partial charge in [-0.25, -0.2) is 0 Å². The molecule has 1 aliphatic rings. The van der Waals surface area contributed by atoms with Gasteiger partial charge in [-0.15, -0.1) is 0 Å². The Labute approximate surface area is 115 Å². The van der Waals surface area contributed by atoms with Gasteiger partial charge < -0.3 is 15.7 Å². The summed E-state index contributed by atoms with van der Waals surface area (Å²) in [6.07, 6.45) is 1.42. The second-order valence-corrected chi connectivity index (χ2v) is 5.51. The van der Waals surface area contributed by atoms with E-state index >= 15 is 0 Å². The first-order chi connectivity index (χ1) is 8.09. The van der Waals surface area contributed by atoms with Crippen molar-refractivity contribution in [3.05, 3.63) is 28.2 Å². The van der Waals surface area contributed by atoms with Gasteiger partial charge in [-0.3, -0.25) is 0 Å². The zero-order valence-electron chi connectivity index (χ0n) is 9.40. The molecule has 0 radical (unpaired) electrons. The van der Waals surface area contributed by atoms with E-state index in [4.69, 9.17) is 18.0 Å². The molecular formula is C12H15BrN2OS. The quantitative estimate of drug-likeness (QED) is 0.820. The predicted octanol–water partition coefficient (Wildman–Crippen LogP) is 2.04. The number of aliphatic hydroxyl groups excluding tert-OH is 1. The van der Waals surface area contributed by atoms with Crippen molar-refractivity contribution in [2.45, 2.75) is 18.9 Å². The smallest absolute Gasteiger partial charge is 0.107 e. The largest absolute Gasteiger partial charge is 0.393 e. The SMILES string of the molecule is NC(=S)c1c(Br)cccc1N1CCC(O)CC1. The number of benzene rings is 1. The van der Waals surface area contributed by atoms with E-state index in [-0.39, 0.29) is 6.10 Å². The van der Waals surface area contributed by atoms with Crippen molar-refractivity contribution >= 4 is 38.8 Å². The van der Waals surface area contributed by atoms with Crippen molar-refractivity contribution in [1.82, 2.24) is 0 Å². The molecule has 3 nitrogen and oxygen atoms in total. The lowest BCUT2D eigenvalue weighted by Crippen LogP contribution is -2.37. The van der Waals surface area contributed by atoms with E-state index in [1.807, 2.05) is 18.2 Å². The zero-order chi connectivity index (χ0) is 12.4. The van der Waals surface area contributed by atoms with E-state index in [0.29, 0.717) is 4.99 Å². The Morgan fingerprint density at radius 2 is 2.06 bits per heavy atom. The summed E-state index contributed by atoms with van der Waals surface area (Å²) < 4.78 is 0.925. The Kier molecular flexibility index (Phi) is 4.01. The fourth-order valence-electron chi connectivity index (χ4n) is 2.13. The molecular weight excluding hydrogens is 300 g/mol. The van der Waals surface area contributed by atoms with Crippen LogP contribution >= 0.6 is 28.1 Å². The minimum atomic E-state index is -0.174. The van der Waals surface area contributed by atoms with Crippen LogP contribution in [0, 0.1) is 0 Å². The highest BCUT2D eigenvalue weighted by molar-refractivity contribution is 9.10. The van der Waals surface area contributed by atoms with Crippen molar-refractivity contribution in [2.75, 3.05) is 18.0 Å². The molecule has 1 fully saturated rings. The molecule has 0 spiro atoms. The summed E-state index contributed by atoms with van der Waals surface area (Å²) >= 11 is 8.58. The van der Waals surface area contributed by atoms with Crippen LogP contribution in [-0.4, -0.2) is 29.3 Å². The first-order valence-corrected chi connectivity index (χ1v) is 6.81. The third-order valence-electron chi connectivity index (χ3n) is 3.04. The van der Waals surface area contributed by atoms with Crippen molar-refractivity contribution in [2.24, 2.45) is 5.73 Å². The van der Waals surface area contributed by atoms with Crippen LogP contribution in [-0.2, 0) is 0 Å². The molecule has 0 saturated carbocycles. The number of hydrogen-bond donors (Lipinski definition) is 2. The molecule has 1 heterocycles. The van der Waals surface area contributed by atoms with Gasteiger partial charge in [-0.2, -0.15) is 0 Å². The van der Waals surface area contributed by atoms with Crippen LogP contribution in [0.1, 0.15) is 18.4 Å². The van der Waals surface area contributed by atoms with Gasteiger partial charge in [0.2, 0.25) is 0 Å². The number of hydrogen-bond acceptors (Lipinski definition) is 3. The Balaban J connectivity index is 2.32. The van der Waals surface area contributed by atoms with E-state index in [2.05, 4.69) is 20.8 Å². The van der Waals surface area contributed by atoms with Crippen molar-refractivity contribution in [3.8, 4) is 0 Å². The number of aliphatic hydroxyl groups is 1.